The Morgan fingerprint density at radius 1 is 1.33 bits per heavy atom. The van der Waals surface area contributed by atoms with E-state index in [2.05, 4.69) is 23.7 Å². The lowest BCUT2D eigenvalue weighted by atomic mass is 10.0. The van der Waals surface area contributed by atoms with Gasteiger partial charge >= 0.3 is 0 Å². The van der Waals surface area contributed by atoms with E-state index >= 15 is 0 Å². The average Bonchev–Trinajstić information content (AvgIpc) is 2.96. The van der Waals surface area contributed by atoms with E-state index in [1.807, 2.05) is 35.2 Å². The smallest absolute Gasteiger partial charge is 0.242 e. The molecule has 3 rings (SSSR count). The van der Waals surface area contributed by atoms with Crippen LogP contribution in [0.3, 0.4) is 0 Å². The van der Waals surface area contributed by atoms with Gasteiger partial charge in [0.15, 0.2) is 0 Å². The van der Waals surface area contributed by atoms with Gasteiger partial charge in [0.05, 0.1) is 12.6 Å². The first kappa shape index (κ1) is 15.9. The van der Waals surface area contributed by atoms with Gasteiger partial charge in [-0.3, -0.25) is 4.79 Å². The Labute approximate surface area is 135 Å². The molecule has 2 aromatic rings. The maximum atomic E-state index is 12.4. The highest BCUT2D eigenvalue weighted by atomic mass is 35.5. The Hall–Kier alpha value is -1.52. The van der Waals surface area contributed by atoms with Crippen molar-refractivity contribution in [2.24, 2.45) is 0 Å². The minimum absolute atomic E-state index is 0. The lowest BCUT2D eigenvalue weighted by Gasteiger charge is -2.33. The molecule has 0 fully saturated rings. The maximum absolute atomic E-state index is 12.4. The summed E-state index contributed by atoms with van der Waals surface area (Å²) >= 11 is 1.80. The van der Waals surface area contributed by atoms with Crippen molar-refractivity contribution in [2.75, 3.05) is 18.4 Å². The van der Waals surface area contributed by atoms with E-state index in [0.717, 1.165) is 18.7 Å². The average molecular weight is 323 g/mol. The second kappa shape index (κ2) is 6.96. The van der Waals surface area contributed by atoms with E-state index in [1.54, 1.807) is 11.3 Å². The maximum Gasteiger partial charge on any atom is 0.242 e. The number of fused-ring (bicyclic) bond motifs is 1. The summed E-state index contributed by atoms with van der Waals surface area (Å²) in [5.74, 6) is 0.165. The van der Waals surface area contributed by atoms with Crippen molar-refractivity contribution in [3.63, 3.8) is 0 Å². The number of anilines is 1. The van der Waals surface area contributed by atoms with Crippen molar-refractivity contribution in [3.05, 3.63) is 52.2 Å². The molecule has 0 spiro atoms. The molecule has 1 aliphatic rings. The normalized spacial score (nSPS) is 16.8. The number of carbonyl (C=O) groups excluding carboxylic acids is 1. The highest BCUT2D eigenvalue weighted by molar-refractivity contribution is 7.10. The van der Waals surface area contributed by atoms with Gasteiger partial charge in [0.1, 0.15) is 0 Å². The number of hydrogen-bond acceptors (Lipinski definition) is 3. The number of carbonyl (C=O) groups is 1. The third kappa shape index (κ3) is 3.39. The molecular formula is C16H19ClN2OS. The summed E-state index contributed by atoms with van der Waals surface area (Å²) in [4.78, 5) is 15.8. The first-order valence-corrected chi connectivity index (χ1v) is 7.78. The van der Waals surface area contributed by atoms with Gasteiger partial charge in [-0.15, -0.1) is 23.7 Å². The van der Waals surface area contributed by atoms with E-state index < -0.39 is 0 Å². The van der Waals surface area contributed by atoms with Crippen LogP contribution in [0, 0.1) is 0 Å². The highest BCUT2D eigenvalue weighted by Gasteiger charge is 2.27. The van der Waals surface area contributed by atoms with Gasteiger partial charge in [-0.25, -0.2) is 0 Å². The van der Waals surface area contributed by atoms with Crippen LogP contribution in [0.25, 0.3) is 0 Å². The molecule has 1 unspecified atom stereocenters. The minimum atomic E-state index is 0. The topological polar surface area (TPSA) is 32.3 Å². The third-order valence-corrected chi connectivity index (χ3v) is 4.81. The van der Waals surface area contributed by atoms with Gasteiger partial charge in [0.2, 0.25) is 5.91 Å². The second-order valence-corrected chi connectivity index (χ2v) is 6.03. The fourth-order valence-electron chi connectivity index (χ4n) is 2.69. The van der Waals surface area contributed by atoms with Crippen LogP contribution in [0.15, 0.2) is 41.8 Å². The quantitative estimate of drug-likeness (QED) is 0.934. The monoisotopic (exact) mass is 322 g/mol. The summed E-state index contributed by atoms with van der Waals surface area (Å²) in [6, 6.07) is 12.2. The van der Waals surface area contributed by atoms with Gasteiger partial charge in [-0.05, 0) is 42.5 Å². The minimum Gasteiger partial charge on any atom is -0.376 e. The molecule has 0 bridgehead atoms. The van der Waals surface area contributed by atoms with E-state index in [4.69, 9.17) is 0 Å². The summed E-state index contributed by atoms with van der Waals surface area (Å²) in [5, 5.41) is 5.31. The van der Waals surface area contributed by atoms with Gasteiger partial charge in [0.25, 0.3) is 0 Å². The fraction of sp³-hybridized carbons (Fsp3) is 0.312. The number of rotatable bonds is 3. The number of halogens is 1. The number of benzene rings is 1. The molecule has 1 atom stereocenters. The first-order chi connectivity index (χ1) is 9.75. The Morgan fingerprint density at radius 3 is 2.86 bits per heavy atom. The van der Waals surface area contributed by atoms with E-state index in [-0.39, 0.29) is 24.4 Å². The van der Waals surface area contributed by atoms with Crippen molar-refractivity contribution in [1.82, 2.24) is 4.90 Å². The fourth-order valence-corrected chi connectivity index (χ4v) is 3.65. The zero-order chi connectivity index (χ0) is 13.9. The second-order valence-electron chi connectivity index (χ2n) is 5.03. The number of amides is 1. The molecule has 5 heteroatoms. The molecule has 1 aromatic heterocycles. The summed E-state index contributed by atoms with van der Waals surface area (Å²) in [6.45, 7) is 3.29. The van der Waals surface area contributed by atoms with Gasteiger partial charge in [-0.1, -0.05) is 18.2 Å². The van der Waals surface area contributed by atoms with Crippen LogP contribution in [0.4, 0.5) is 5.69 Å². The van der Waals surface area contributed by atoms with Crippen LogP contribution in [0.2, 0.25) is 0 Å². The zero-order valence-corrected chi connectivity index (χ0v) is 13.5. The van der Waals surface area contributed by atoms with Crippen molar-refractivity contribution in [2.45, 2.75) is 19.4 Å². The first-order valence-electron chi connectivity index (χ1n) is 6.90. The molecule has 0 saturated carbocycles. The Morgan fingerprint density at radius 2 is 2.10 bits per heavy atom. The summed E-state index contributed by atoms with van der Waals surface area (Å²) in [6.07, 6.45) is 0.981. The lowest BCUT2D eigenvalue weighted by molar-refractivity contribution is -0.131. The number of nitrogens with one attached hydrogen (secondary N) is 1. The molecule has 1 N–H and O–H groups in total. The molecule has 3 nitrogen and oxygen atoms in total. The van der Waals surface area contributed by atoms with E-state index in [1.165, 1.54) is 10.4 Å². The molecule has 1 aliphatic heterocycles. The molecule has 112 valence electrons. The predicted octanol–water partition coefficient (Wildman–Crippen LogP) is 3.73. The Balaban J connectivity index is 0.00000161. The molecule has 1 aromatic carbocycles. The van der Waals surface area contributed by atoms with Crippen LogP contribution >= 0.6 is 23.7 Å². The molecule has 1 amide bonds. The van der Waals surface area contributed by atoms with E-state index in [0.29, 0.717) is 6.54 Å². The Bertz CT molecular complexity index is 599. The van der Waals surface area contributed by atoms with Crippen LogP contribution in [-0.2, 0) is 11.2 Å². The van der Waals surface area contributed by atoms with Crippen molar-refractivity contribution < 1.29 is 4.79 Å². The highest BCUT2D eigenvalue weighted by Crippen LogP contribution is 2.32. The lowest BCUT2D eigenvalue weighted by Crippen LogP contribution is -2.41. The molecule has 21 heavy (non-hydrogen) atoms. The molecule has 0 radical (unpaired) electrons. The van der Waals surface area contributed by atoms with Gasteiger partial charge < -0.3 is 10.2 Å². The number of thiophene rings is 1. The number of nitrogens with zero attached hydrogens (tertiary/aromatic N) is 1. The predicted molar refractivity (Wildman–Crippen MR) is 90.3 cm³/mol. The molecule has 2 heterocycles. The standard InChI is InChI=1S/C16H18N2OS.ClH/c1-12-14-8-10-20-15(14)7-9-18(12)16(19)11-17-13-5-3-2-4-6-13;/h2-6,8,10,12,17H,7,9,11H2,1H3;1H. The van der Waals surface area contributed by atoms with Crippen LogP contribution in [0.5, 0.6) is 0 Å². The number of para-hydroxylation sites is 1. The summed E-state index contributed by atoms with van der Waals surface area (Å²) in [5.41, 5.74) is 2.30. The summed E-state index contributed by atoms with van der Waals surface area (Å²) < 4.78 is 0. The molecule has 0 saturated heterocycles. The van der Waals surface area contributed by atoms with Crippen molar-refractivity contribution >= 4 is 35.3 Å². The zero-order valence-electron chi connectivity index (χ0n) is 11.9. The van der Waals surface area contributed by atoms with E-state index in [9.17, 15) is 4.79 Å². The van der Waals surface area contributed by atoms with Crippen LogP contribution in [0.1, 0.15) is 23.4 Å². The van der Waals surface area contributed by atoms with Crippen molar-refractivity contribution in [1.29, 1.82) is 0 Å². The molecular weight excluding hydrogens is 304 g/mol. The van der Waals surface area contributed by atoms with Crippen LogP contribution < -0.4 is 5.32 Å². The van der Waals surface area contributed by atoms with Gasteiger partial charge in [-0.2, -0.15) is 0 Å². The van der Waals surface area contributed by atoms with Crippen molar-refractivity contribution in [3.8, 4) is 0 Å². The van der Waals surface area contributed by atoms with Crippen LogP contribution in [-0.4, -0.2) is 23.9 Å². The van der Waals surface area contributed by atoms with Gasteiger partial charge in [0, 0.05) is 17.1 Å². The SMILES string of the molecule is CC1c2ccsc2CCN1C(=O)CNc1ccccc1.Cl. The largest absolute Gasteiger partial charge is 0.376 e. The number of hydrogen-bond donors (Lipinski definition) is 1. The Kier molecular flexibility index (Phi) is 5.26. The summed E-state index contributed by atoms with van der Waals surface area (Å²) in [7, 11) is 0. The molecule has 0 aliphatic carbocycles. The third-order valence-electron chi connectivity index (χ3n) is 3.82.